The number of aromatic amines is 1. The Morgan fingerprint density at radius 3 is 2.06 bits per heavy atom. The SMILES string of the molecule is COC(=O)c1ccc(-c2ccc(C[C@H](NC(=O)[C@H]3CC[C@H](CNC(=O)OC(C)(C)C)CC3)C(=O)Nc3ccc(-c4nn[nH]n4)cc3)cc2)cc1. The monoisotopic (exact) mass is 681 g/mol. The van der Waals surface area contributed by atoms with Gasteiger partial charge in [0, 0.05) is 30.1 Å². The van der Waals surface area contributed by atoms with Crippen LogP contribution in [0.1, 0.15) is 62.4 Å². The Morgan fingerprint density at radius 1 is 0.860 bits per heavy atom. The number of hydrogen-bond donors (Lipinski definition) is 4. The summed E-state index contributed by atoms with van der Waals surface area (Å²) in [7, 11) is 1.35. The molecular formula is C37H43N7O6. The van der Waals surface area contributed by atoms with Gasteiger partial charge in [-0.3, -0.25) is 9.59 Å². The second kappa shape index (κ2) is 16.2. The van der Waals surface area contributed by atoms with Crippen molar-refractivity contribution in [2.75, 3.05) is 19.0 Å². The molecule has 1 aliphatic rings. The summed E-state index contributed by atoms with van der Waals surface area (Å²) < 4.78 is 10.1. The van der Waals surface area contributed by atoms with Gasteiger partial charge in [-0.15, -0.1) is 10.2 Å². The number of methoxy groups -OCH3 is 1. The van der Waals surface area contributed by atoms with Gasteiger partial charge in [0.15, 0.2) is 0 Å². The number of benzene rings is 3. The quantitative estimate of drug-likeness (QED) is 0.153. The van der Waals surface area contributed by atoms with E-state index in [0.29, 0.717) is 36.5 Å². The molecule has 0 bridgehead atoms. The van der Waals surface area contributed by atoms with E-state index < -0.39 is 23.7 Å². The third kappa shape index (κ3) is 9.97. The molecule has 1 saturated carbocycles. The summed E-state index contributed by atoms with van der Waals surface area (Å²) in [5.74, 6) is -0.471. The first-order valence-electron chi connectivity index (χ1n) is 16.7. The number of anilines is 1. The maximum absolute atomic E-state index is 13.7. The van der Waals surface area contributed by atoms with Gasteiger partial charge in [0.2, 0.25) is 17.6 Å². The third-order valence-corrected chi connectivity index (χ3v) is 8.57. The molecule has 1 heterocycles. The Bertz CT molecular complexity index is 1740. The molecule has 13 heteroatoms. The molecule has 50 heavy (non-hydrogen) atoms. The van der Waals surface area contributed by atoms with Gasteiger partial charge in [-0.05, 0) is 111 Å². The van der Waals surface area contributed by atoms with Crippen LogP contribution in [-0.4, -0.2) is 69.8 Å². The lowest BCUT2D eigenvalue weighted by Crippen LogP contribution is -2.48. The molecule has 5 rings (SSSR count). The minimum atomic E-state index is -0.837. The summed E-state index contributed by atoms with van der Waals surface area (Å²) in [5.41, 5.74) is 3.92. The molecule has 0 aliphatic heterocycles. The number of amides is 3. The Morgan fingerprint density at radius 2 is 1.48 bits per heavy atom. The third-order valence-electron chi connectivity index (χ3n) is 8.57. The van der Waals surface area contributed by atoms with Gasteiger partial charge in [-0.1, -0.05) is 36.4 Å². The summed E-state index contributed by atoms with van der Waals surface area (Å²) in [6, 6.07) is 21.1. The van der Waals surface area contributed by atoms with Gasteiger partial charge < -0.3 is 25.4 Å². The predicted molar refractivity (Wildman–Crippen MR) is 187 cm³/mol. The van der Waals surface area contributed by atoms with E-state index in [9.17, 15) is 19.2 Å². The first kappa shape index (κ1) is 35.7. The van der Waals surface area contributed by atoms with Crippen molar-refractivity contribution in [3.8, 4) is 22.5 Å². The lowest BCUT2D eigenvalue weighted by atomic mass is 9.81. The fourth-order valence-electron chi connectivity index (χ4n) is 5.87. The number of carbonyl (C=O) groups excluding carboxylic acids is 4. The minimum Gasteiger partial charge on any atom is -0.465 e. The van der Waals surface area contributed by atoms with Crippen LogP contribution in [0.15, 0.2) is 72.8 Å². The van der Waals surface area contributed by atoms with Gasteiger partial charge in [-0.2, -0.15) is 5.21 Å². The van der Waals surface area contributed by atoms with E-state index in [-0.39, 0.29) is 30.1 Å². The minimum absolute atomic E-state index is 0.168. The number of aromatic nitrogens is 4. The van der Waals surface area contributed by atoms with Crippen molar-refractivity contribution < 1.29 is 28.7 Å². The number of H-pyrrole nitrogens is 1. The summed E-state index contributed by atoms with van der Waals surface area (Å²) in [5, 5.41) is 22.8. The van der Waals surface area contributed by atoms with E-state index in [1.165, 1.54) is 7.11 Å². The van der Waals surface area contributed by atoms with E-state index in [1.807, 2.05) is 57.2 Å². The maximum atomic E-state index is 13.7. The molecule has 3 aromatic carbocycles. The standard InChI is InChI=1S/C37H43N7O6/c1-37(2,3)50-36(48)38-22-24-7-11-28(12-8-24)33(45)40-31(34(46)39-30-19-17-27(18-20-30)32-41-43-44-42-32)21-23-5-9-25(10-6-23)26-13-15-29(16-14-26)35(47)49-4/h5-6,9-10,13-20,24,28,31H,7-8,11-12,21-22H2,1-4H3,(H,38,48)(H,39,46)(H,40,45)(H,41,42,43,44)/t24-,28-,31-/m0/s1. The van der Waals surface area contributed by atoms with E-state index in [1.54, 1.807) is 36.4 Å². The van der Waals surface area contributed by atoms with Crippen LogP contribution in [0, 0.1) is 11.8 Å². The number of ether oxygens (including phenoxy) is 2. The normalized spacial score (nSPS) is 16.5. The molecule has 1 aromatic heterocycles. The number of hydrogen-bond acceptors (Lipinski definition) is 9. The highest BCUT2D eigenvalue weighted by Crippen LogP contribution is 2.29. The van der Waals surface area contributed by atoms with Gasteiger partial charge in [-0.25, -0.2) is 9.59 Å². The Hall–Kier alpha value is -5.59. The molecule has 262 valence electrons. The van der Waals surface area contributed by atoms with Crippen LogP contribution in [0.3, 0.4) is 0 Å². The van der Waals surface area contributed by atoms with Crippen LogP contribution >= 0.6 is 0 Å². The first-order chi connectivity index (χ1) is 24.0. The van der Waals surface area contributed by atoms with Crippen LogP contribution in [0.2, 0.25) is 0 Å². The van der Waals surface area contributed by atoms with Gasteiger partial charge in [0.1, 0.15) is 11.6 Å². The Balaban J connectivity index is 1.23. The topological polar surface area (TPSA) is 177 Å². The highest BCUT2D eigenvalue weighted by Gasteiger charge is 2.30. The Kier molecular flexibility index (Phi) is 11.6. The fraction of sp³-hybridized carbons (Fsp3) is 0.378. The van der Waals surface area contributed by atoms with Crippen molar-refractivity contribution >= 4 is 29.6 Å². The van der Waals surface area contributed by atoms with Crippen LogP contribution in [-0.2, 0) is 25.5 Å². The van der Waals surface area contributed by atoms with Crippen LogP contribution in [0.5, 0.6) is 0 Å². The summed E-state index contributed by atoms with van der Waals surface area (Å²) in [6.45, 7) is 5.95. The number of rotatable bonds is 11. The molecule has 13 nitrogen and oxygen atoms in total. The van der Waals surface area contributed by atoms with Crippen LogP contribution < -0.4 is 16.0 Å². The van der Waals surface area contributed by atoms with Crippen LogP contribution in [0.25, 0.3) is 22.5 Å². The lowest BCUT2D eigenvalue weighted by molar-refractivity contribution is -0.130. The van der Waals surface area contributed by atoms with Crippen molar-refractivity contribution in [3.05, 3.63) is 83.9 Å². The fourth-order valence-corrected chi connectivity index (χ4v) is 5.87. The second-order valence-electron chi connectivity index (χ2n) is 13.4. The molecule has 1 atom stereocenters. The van der Waals surface area contributed by atoms with Crippen molar-refractivity contribution in [1.82, 2.24) is 31.3 Å². The van der Waals surface area contributed by atoms with Gasteiger partial charge in [0.05, 0.1) is 12.7 Å². The maximum Gasteiger partial charge on any atom is 0.407 e. The predicted octanol–water partition coefficient (Wildman–Crippen LogP) is 5.32. The summed E-state index contributed by atoms with van der Waals surface area (Å²) in [6.07, 6.45) is 2.69. The number of esters is 1. The van der Waals surface area contributed by atoms with E-state index >= 15 is 0 Å². The molecule has 0 saturated heterocycles. The summed E-state index contributed by atoms with van der Waals surface area (Å²) in [4.78, 5) is 51.2. The van der Waals surface area contributed by atoms with Gasteiger partial charge >= 0.3 is 12.1 Å². The first-order valence-corrected chi connectivity index (χ1v) is 16.7. The zero-order valence-corrected chi connectivity index (χ0v) is 28.7. The highest BCUT2D eigenvalue weighted by atomic mass is 16.6. The summed E-state index contributed by atoms with van der Waals surface area (Å²) >= 11 is 0. The Labute approximate surface area is 290 Å². The molecular weight excluding hydrogens is 638 g/mol. The molecule has 1 aliphatic carbocycles. The smallest absolute Gasteiger partial charge is 0.407 e. The number of nitrogens with zero attached hydrogens (tertiary/aromatic N) is 3. The van der Waals surface area contributed by atoms with Gasteiger partial charge in [0.25, 0.3) is 0 Å². The molecule has 0 radical (unpaired) electrons. The zero-order chi connectivity index (χ0) is 35.7. The molecule has 4 aromatic rings. The molecule has 3 amide bonds. The molecule has 0 unspecified atom stereocenters. The number of carbonyl (C=O) groups is 4. The molecule has 1 fully saturated rings. The zero-order valence-electron chi connectivity index (χ0n) is 28.7. The molecule has 4 N–H and O–H groups in total. The number of alkyl carbamates (subject to hydrolysis) is 1. The van der Waals surface area contributed by atoms with E-state index in [2.05, 4.69) is 36.6 Å². The van der Waals surface area contributed by atoms with Crippen molar-refractivity contribution in [2.24, 2.45) is 11.8 Å². The van der Waals surface area contributed by atoms with E-state index in [4.69, 9.17) is 9.47 Å². The molecule has 0 spiro atoms. The lowest BCUT2D eigenvalue weighted by Gasteiger charge is -2.29. The van der Waals surface area contributed by atoms with Crippen molar-refractivity contribution in [1.29, 1.82) is 0 Å². The van der Waals surface area contributed by atoms with Crippen molar-refractivity contribution in [2.45, 2.75) is 64.5 Å². The van der Waals surface area contributed by atoms with E-state index in [0.717, 1.165) is 35.1 Å². The average molecular weight is 682 g/mol. The highest BCUT2D eigenvalue weighted by molar-refractivity contribution is 5.98. The second-order valence-corrected chi connectivity index (χ2v) is 13.4. The number of nitrogens with one attached hydrogen (secondary N) is 4. The number of tetrazole rings is 1. The average Bonchev–Trinajstić information content (AvgIpc) is 3.66. The van der Waals surface area contributed by atoms with Crippen LogP contribution in [0.4, 0.5) is 10.5 Å². The van der Waals surface area contributed by atoms with Crippen molar-refractivity contribution in [3.63, 3.8) is 0 Å². The largest absolute Gasteiger partial charge is 0.465 e.